The summed E-state index contributed by atoms with van der Waals surface area (Å²) in [6, 6.07) is 15.5. The van der Waals surface area contributed by atoms with Gasteiger partial charge in [0.1, 0.15) is 0 Å². The summed E-state index contributed by atoms with van der Waals surface area (Å²) in [7, 11) is 0. The number of aromatic nitrogens is 1. The molecule has 6 heteroatoms. The summed E-state index contributed by atoms with van der Waals surface area (Å²) >= 11 is 1.76. The first kappa shape index (κ1) is 16.1. The molecule has 1 atom stereocenters. The maximum absolute atomic E-state index is 11.2. The molecule has 1 aromatic carbocycles. The van der Waals surface area contributed by atoms with E-state index in [4.69, 9.17) is 0 Å². The second kappa shape index (κ2) is 6.82. The molecule has 3 aromatic rings. The number of rotatable bonds is 4. The normalized spacial score (nSPS) is 17.8. The molecule has 0 aliphatic carbocycles. The first-order valence-corrected chi connectivity index (χ1v) is 9.26. The minimum absolute atomic E-state index is 0.0273. The van der Waals surface area contributed by atoms with Gasteiger partial charge in [0.05, 0.1) is 11.0 Å². The summed E-state index contributed by atoms with van der Waals surface area (Å²) in [5, 5.41) is 13.3. The lowest BCUT2D eigenvalue weighted by Gasteiger charge is -2.30. The zero-order valence-corrected chi connectivity index (χ0v) is 14.6. The Kier molecular flexibility index (Phi) is 4.38. The van der Waals surface area contributed by atoms with Gasteiger partial charge >= 0.3 is 0 Å². The van der Waals surface area contributed by atoms with Crippen LogP contribution in [0.4, 0.5) is 5.69 Å². The molecule has 128 valence electrons. The second-order valence-corrected chi connectivity index (χ2v) is 7.32. The largest absolute Gasteiger partial charge is 0.350 e. The number of hydrogen-bond donors (Lipinski definition) is 0. The molecular weight excluding hydrogens is 334 g/mol. The Hall–Kier alpha value is -2.44. The molecule has 0 N–H and O–H groups in total. The summed E-state index contributed by atoms with van der Waals surface area (Å²) in [6.07, 6.45) is 3.17. The van der Waals surface area contributed by atoms with Crippen LogP contribution in [0, 0.1) is 10.1 Å². The van der Waals surface area contributed by atoms with Crippen LogP contribution in [0.25, 0.3) is 0 Å². The molecule has 0 spiro atoms. The maximum Gasteiger partial charge on any atom is 0.269 e. The van der Waals surface area contributed by atoms with E-state index < -0.39 is 0 Å². The van der Waals surface area contributed by atoms with Crippen molar-refractivity contribution in [3.8, 4) is 0 Å². The molecule has 0 saturated carbocycles. The van der Waals surface area contributed by atoms with Gasteiger partial charge in [-0.1, -0.05) is 18.2 Å². The summed E-state index contributed by atoms with van der Waals surface area (Å²) in [4.78, 5) is 14.7. The minimum Gasteiger partial charge on any atom is -0.350 e. The Morgan fingerprint density at radius 3 is 2.88 bits per heavy atom. The highest BCUT2D eigenvalue weighted by Crippen LogP contribution is 2.34. The van der Waals surface area contributed by atoms with Gasteiger partial charge in [-0.3, -0.25) is 15.0 Å². The van der Waals surface area contributed by atoms with Crippen molar-refractivity contribution in [3.63, 3.8) is 0 Å². The molecule has 4 rings (SSSR count). The maximum atomic E-state index is 11.2. The van der Waals surface area contributed by atoms with Crippen molar-refractivity contribution in [2.24, 2.45) is 0 Å². The minimum atomic E-state index is -0.317. The van der Waals surface area contributed by atoms with Crippen LogP contribution in [0.1, 0.15) is 28.6 Å². The van der Waals surface area contributed by atoms with E-state index in [1.54, 1.807) is 29.5 Å². The molecule has 3 heterocycles. The third-order valence-electron chi connectivity index (χ3n) is 4.69. The fourth-order valence-electron chi connectivity index (χ4n) is 3.60. The van der Waals surface area contributed by atoms with Crippen molar-refractivity contribution in [2.45, 2.75) is 25.6 Å². The molecule has 1 aliphatic rings. The predicted octanol–water partition coefficient (Wildman–Crippen LogP) is 4.45. The lowest BCUT2D eigenvalue weighted by molar-refractivity contribution is -0.384. The van der Waals surface area contributed by atoms with Gasteiger partial charge in [-0.2, -0.15) is 0 Å². The predicted molar refractivity (Wildman–Crippen MR) is 98.7 cm³/mol. The summed E-state index contributed by atoms with van der Waals surface area (Å²) in [6.45, 7) is 2.80. The van der Waals surface area contributed by atoms with Gasteiger partial charge in [0.15, 0.2) is 0 Å². The highest BCUT2D eigenvalue weighted by atomic mass is 32.1. The smallest absolute Gasteiger partial charge is 0.269 e. The van der Waals surface area contributed by atoms with Gasteiger partial charge in [-0.15, -0.1) is 11.3 Å². The molecule has 1 unspecified atom stereocenters. The number of hydrogen-bond acceptors (Lipinski definition) is 4. The van der Waals surface area contributed by atoms with Gasteiger partial charge in [0.2, 0.25) is 0 Å². The van der Waals surface area contributed by atoms with Gasteiger partial charge in [0.25, 0.3) is 5.69 Å². The third kappa shape index (κ3) is 3.23. The van der Waals surface area contributed by atoms with Crippen molar-refractivity contribution in [1.29, 1.82) is 0 Å². The van der Waals surface area contributed by atoms with E-state index in [-0.39, 0.29) is 16.7 Å². The van der Waals surface area contributed by atoms with Crippen LogP contribution in [-0.4, -0.2) is 20.9 Å². The zero-order valence-electron chi connectivity index (χ0n) is 13.7. The van der Waals surface area contributed by atoms with Crippen LogP contribution in [-0.2, 0) is 13.1 Å². The molecular formula is C19H19N3O2S. The lowest BCUT2D eigenvalue weighted by Crippen LogP contribution is -2.29. The van der Waals surface area contributed by atoms with E-state index in [2.05, 4.69) is 45.3 Å². The number of benzene rings is 1. The third-order valence-corrected chi connectivity index (χ3v) is 5.55. The van der Waals surface area contributed by atoms with Gasteiger partial charge in [-0.25, -0.2) is 0 Å². The highest BCUT2D eigenvalue weighted by Gasteiger charge is 2.28. The van der Waals surface area contributed by atoms with E-state index in [0.29, 0.717) is 0 Å². The number of non-ortho nitro benzene ring substituents is 1. The monoisotopic (exact) mass is 353 g/mol. The summed E-state index contributed by atoms with van der Waals surface area (Å²) in [5.41, 5.74) is 2.33. The number of fused-ring (bicyclic) bond motifs is 1. The zero-order chi connectivity index (χ0) is 17.2. The molecule has 25 heavy (non-hydrogen) atoms. The number of nitrogens with zero attached hydrogens (tertiary/aromatic N) is 3. The molecule has 0 amide bonds. The van der Waals surface area contributed by atoms with Gasteiger partial charge < -0.3 is 4.57 Å². The van der Waals surface area contributed by atoms with Crippen molar-refractivity contribution in [3.05, 3.63) is 86.4 Å². The fraction of sp³-hybridized carbons (Fsp3) is 0.263. The van der Waals surface area contributed by atoms with Crippen LogP contribution >= 0.6 is 11.3 Å². The van der Waals surface area contributed by atoms with E-state index >= 15 is 0 Å². The molecule has 2 aromatic heterocycles. The van der Waals surface area contributed by atoms with Crippen molar-refractivity contribution in [2.75, 3.05) is 6.54 Å². The Morgan fingerprint density at radius 2 is 2.08 bits per heavy atom. The number of nitro benzene ring substituents is 1. The van der Waals surface area contributed by atoms with E-state index in [9.17, 15) is 10.1 Å². The van der Waals surface area contributed by atoms with Crippen LogP contribution < -0.4 is 0 Å². The highest BCUT2D eigenvalue weighted by molar-refractivity contribution is 7.09. The van der Waals surface area contributed by atoms with Crippen molar-refractivity contribution < 1.29 is 4.92 Å². The van der Waals surface area contributed by atoms with Crippen molar-refractivity contribution >= 4 is 17.0 Å². The number of nitro groups is 1. The Labute approximate surface area is 150 Å². The SMILES string of the molecule is O=[N+]([O-])c1cccc(C2c3cccn3CCCN2Cc2cccs2)c1. The van der Waals surface area contributed by atoms with Crippen LogP contribution in [0.2, 0.25) is 0 Å². The molecule has 0 bridgehead atoms. The Balaban J connectivity index is 1.78. The topological polar surface area (TPSA) is 51.3 Å². The van der Waals surface area contributed by atoms with Crippen LogP contribution in [0.15, 0.2) is 60.1 Å². The van der Waals surface area contributed by atoms with Crippen LogP contribution in [0.3, 0.4) is 0 Å². The quantitative estimate of drug-likeness (QED) is 0.514. The van der Waals surface area contributed by atoms with Crippen molar-refractivity contribution in [1.82, 2.24) is 9.47 Å². The molecule has 0 fully saturated rings. The summed E-state index contributed by atoms with van der Waals surface area (Å²) in [5.74, 6) is 0. The van der Waals surface area contributed by atoms with Gasteiger partial charge in [-0.05, 0) is 35.6 Å². The average molecular weight is 353 g/mol. The van der Waals surface area contributed by atoms with E-state index in [1.807, 2.05) is 6.07 Å². The Morgan fingerprint density at radius 1 is 1.16 bits per heavy atom. The first-order valence-electron chi connectivity index (χ1n) is 8.38. The molecule has 0 saturated heterocycles. The van der Waals surface area contributed by atoms with Gasteiger partial charge in [0, 0.05) is 48.5 Å². The lowest BCUT2D eigenvalue weighted by atomic mass is 10.0. The van der Waals surface area contributed by atoms with E-state index in [0.717, 1.165) is 31.6 Å². The number of thiophene rings is 1. The van der Waals surface area contributed by atoms with E-state index in [1.165, 1.54) is 10.6 Å². The molecule has 0 radical (unpaired) electrons. The fourth-order valence-corrected chi connectivity index (χ4v) is 4.33. The first-order chi connectivity index (χ1) is 12.2. The molecule has 5 nitrogen and oxygen atoms in total. The number of aryl methyl sites for hydroxylation is 1. The standard InChI is InChI=1S/C19H19N3O2S/c23-22(24)16-6-1-5-15(13-16)19-18-8-2-9-20(18)10-4-11-21(19)14-17-7-3-12-25-17/h1-3,5-9,12-13,19H,4,10-11,14H2. The summed E-state index contributed by atoms with van der Waals surface area (Å²) < 4.78 is 2.28. The van der Waals surface area contributed by atoms with Crippen LogP contribution in [0.5, 0.6) is 0 Å². The Bertz CT molecular complexity index is 872. The average Bonchev–Trinajstić information content (AvgIpc) is 3.25. The second-order valence-electron chi connectivity index (χ2n) is 6.28. The molecule has 1 aliphatic heterocycles.